The number of aromatic nitrogens is 2. The number of aryl methyl sites for hydroxylation is 1. The molecule has 1 aromatic rings. The van der Waals surface area contributed by atoms with Crippen LogP contribution < -0.4 is 5.32 Å². The van der Waals surface area contributed by atoms with Crippen LogP contribution in [0.2, 0.25) is 0 Å². The Kier molecular flexibility index (Phi) is 4.30. The lowest BCUT2D eigenvalue weighted by molar-refractivity contribution is -0.145. The van der Waals surface area contributed by atoms with Gasteiger partial charge in [0.15, 0.2) is 0 Å². The van der Waals surface area contributed by atoms with E-state index in [0.29, 0.717) is 13.2 Å². The summed E-state index contributed by atoms with van der Waals surface area (Å²) in [7, 11) is 1.73. The van der Waals surface area contributed by atoms with Crippen molar-refractivity contribution >= 4 is 5.97 Å². The maximum Gasteiger partial charge on any atom is 0.325 e. The molecule has 15 heavy (non-hydrogen) atoms. The first-order valence-corrected chi connectivity index (χ1v) is 5.00. The number of nitrogens with zero attached hydrogens (tertiary/aromatic N) is 2. The maximum atomic E-state index is 11.5. The van der Waals surface area contributed by atoms with Crippen LogP contribution in [-0.4, -0.2) is 35.4 Å². The Bertz CT molecular complexity index is 322. The second kappa shape index (κ2) is 5.50. The Balaban J connectivity index is 2.57. The van der Waals surface area contributed by atoms with Crippen LogP contribution in [0.5, 0.6) is 0 Å². The lowest BCUT2D eigenvalue weighted by Crippen LogP contribution is -2.39. The minimum Gasteiger partial charge on any atom is -0.465 e. The first kappa shape index (κ1) is 11.7. The van der Waals surface area contributed by atoms with Gasteiger partial charge in [-0.15, -0.1) is 0 Å². The molecule has 1 rings (SSSR count). The summed E-state index contributed by atoms with van der Waals surface area (Å²) in [4.78, 5) is 11.5. The van der Waals surface area contributed by atoms with Crippen molar-refractivity contribution in [3.05, 3.63) is 18.0 Å². The van der Waals surface area contributed by atoms with Crippen LogP contribution in [0.4, 0.5) is 0 Å². The van der Waals surface area contributed by atoms with Gasteiger partial charge < -0.3 is 10.1 Å². The molecule has 5 nitrogen and oxygen atoms in total. The monoisotopic (exact) mass is 211 g/mol. The number of carbonyl (C=O) groups is 1. The first-order chi connectivity index (χ1) is 7.17. The van der Waals surface area contributed by atoms with Gasteiger partial charge in [-0.25, -0.2) is 0 Å². The number of likely N-dealkylation sites (N-methyl/N-ethyl adjacent to an activating group) is 1. The van der Waals surface area contributed by atoms with Gasteiger partial charge in [0, 0.05) is 6.20 Å². The standard InChI is InChI=1S/C10H17N3O2/c1-4-15-10(14)9(11-3)7-13-6-8(2)5-12-13/h5-6,9,11H,4,7H2,1-3H3. The Hall–Kier alpha value is -1.36. The van der Waals surface area contributed by atoms with Gasteiger partial charge in [-0.1, -0.05) is 0 Å². The summed E-state index contributed by atoms with van der Waals surface area (Å²) in [5, 5.41) is 7.02. The third kappa shape index (κ3) is 3.36. The van der Waals surface area contributed by atoms with Gasteiger partial charge in [-0.05, 0) is 26.5 Å². The predicted molar refractivity (Wildman–Crippen MR) is 56.4 cm³/mol. The number of ether oxygens (including phenoxy) is 1. The summed E-state index contributed by atoms with van der Waals surface area (Å²) in [6.45, 7) is 4.64. The minimum atomic E-state index is -0.343. The zero-order valence-electron chi connectivity index (χ0n) is 9.36. The van der Waals surface area contributed by atoms with Crippen molar-refractivity contribution in [3.63, 3.8) is 0 Å². The molecule has 1 unspecified atom stereocenters. The fourth-order valence-corrected chi connectivity index (χ4v) is 1.28. The molecule has 84 valence electrons. The summed E-state index contributed by atoms with van der Waals surface area (Å²) in [6, 6.07) is -0.343. The van der Waals surface area contributed by atoms with Gasteiger partial charge in [-0.2, -0.15) is 5.10 Å². The van der Waals surface area contributed by atoms with E-state index in [1.54, 1.807) is 24.9 Å². The van der Waals surface area contributed by atoms with Gasteiger partial charge in [0.25, 0.3) is 0 Å². The highest BCUT2D eigenvalue weighted by Gasteiger charge is 2.18. The van der Waals surface area contributed by atoms with Crippen LogP contribution in [0.3, 0.4) is 0 Å². The second-order valence-electron chi connectivity index (χ2n) is 3.33. The Morgan fingerprint density at radius 1 is 1.73 bits per heavy atom. The van der Waals surface area contributed by atoms with Gasteiger partial charge in [0.1, 0.15) is 6.04 Å². The Morgan fingerprint density at radius 3 is 2.93 bits per heavy atom. The molecule has 0 aliphatic rings. The molecule has 0 amide bonds. The molecule has 0 aliphatic carbocycles. The van der Waals surface area contributed by atoms with Crippen LogP contribution in [0.15, 0.2) is 12.4 Å². The molecule has 0 saturated heterocycles. The second-order valence-corrected chi connectivity index (χ2v) is 3.33. The predicted octanol–water partition coefficient (Wildman–Crippen LogP) is 0.343. The van der Waals surface area contributed by atoms with Crippen LogP contribution >= 0.6 is 0 Å². The molecule has 0 radical (unpaired) electrons. The molecule has 1 aromatic heterocycles. The average molecular weight is 211 g/mol. The number of carbonyl (C=O) groups excluding carboxylic acids is 1. The van der Waals surface area contributed by atoms with Crippen molar-refractivity contribution in [2.24, 2.45) is 0 Å². The van der Waals surface area contributed by atoms with Crippen molar-refractivity contribution in [1.29, 1.82) is 0 Å². The molecule has 0 spiro atoms. The van der Waals surface area contributed by atoms with E-state index in [0.717, 1.165) is 5.56 Å². The van der Waals surface area contributed by atoms with E-state index >= 15 is 0 Å². The van der Waals surface area contributed by atoms with Crippen molar-refractivity contribution in [2.75, 3.05) is 13.7 Å². The topological polar surface area (TPSA) is 56.2 Å². The van der Waals surface area contributed by atoms with Gasteiger partial charge in [0.05, 0.1) is 19.3 Å². The van der Waals surface area contributed by atoms with E-state index in [4.69, 9.17) is 4.74 Å². The number of hydrogen-bond donors (Lipinski definition) is 1. The highest BCUT2D eigenvalue weighted by Crippen LogP contribution is 1.98. The van der Waals surface area contributed by atoms with Crippen LogP contribution in [0, 0.1) is 6.92 Å². The van der Waals surface area contributed by atoms with Gasteiger partial charge >= 0.3 is 5.97 Å². The third-order valence-electron chi connectivity index (χ3n) is 2.05. The summed E-state index contributed by atoms with van der Waals surface area (Å²) < 4.78 is 6.66. The number of rotatable bonds is 5. The number of hydrogen-bond acceptors (Lipinski definition) is 4. The first-order valence-electron chi connectivity index (χ1n) is 5.00. The molecule has 5 heteroatoms. The molecule has 0 fully saturated rings. The molecule has 1 atom stereocenters. The van der Waals surface area contributed by atoms with E-state index in [1.165, 1.54) is 0 Å². The van der Waals surface area contributed by atoms with E-state index in [9.17, 15) is 4.79 Å². The van der Waals surface area contributed by atoms with E-state index in [-0.39, 0.29) is 12.0 Å². The third-order valence-corrected chi connectivity index (χ3v) is 2.05. The summed E-state index contributed by atoms with van der Waals surface area (Å²) in [5.41, 5.74) is 1.08. The molecule has 1 heterocycles. The molecule has 1 N–H and O–H groups in total. The van der Waals surface area contributed by atoms with Gasteiger partial charge in [0.2, 0.25) is 0 Å². The molecule has 0 saturated carbocycles. The quantitative estimate of drug-likeness (QED) is 0.714. The number of nitrogens with one attached hydrogen (secondary N) is 1. The van der Waals surface area contributed by atoms with Crippen molar-refractivity contribution in [1.82, 2.24) is 15.1 Å². The van der Waals surface area contributed by atoms with Crippen molar-refractivity contribution in [3.8, 4) is 0 Å². The molecular formula is C10H17N3O2. The fourth-order valence-electron chi connectivity index (χ4n) is 1.28. The molecule has 0 aromatic carbocycles. The molecular weight excluding hydrogens is 194 g/mol. The van der Waals surface area contributed by atoms with Crippen LogP contribution in [0.25, 0.3) is 0 Å². The average Bonchev–Trinajstić information content (AvgIpc) is 2.61. The zero-order valence-corrected chi connectivity index (χ0v) is 9.36. The molecule has 0 bridgehead atoms. The SMILES string of the molecule is CCOC(=O)C(Cn1cc(C)cn1)NC. The lowest BCUT2D eigenvalue weighted by Gasteiger charge is -2.14. The highest BCUT2D eigenvalue weighted by atomic mass is 16.5. The van der Waals surface area contributed by atoms with E-state index in [1.807, 2.05) is 13.1 Å². The van der Waals surface area contributed by atoms with Crippen LogP contribution in [-0.2, 0) is 16.1 Å². The summed E-state index contributed by atoms with van der Waals surface area (Å²) >= 11 is 0. The summed E-state index contributed by atoms with van der Waals surface area (Å²) in [5.74, 6) is -0.242. The van der Waals surface area contributed by atoms with Gasteiger partial charge in [-0.3, -0.25) is 9.48 Å². The molecule has 0 aliphatic heterocycles. The largest absolute Gasteiger partial charge is 0.465 e. The minimum absolute atomic E-state index is 0.242. The zero-order chi connectivity index (χ0) is 11.3. The maximum absolute atomic E-state index is 11.5. The fraction of sp³-hybridized carbons (Fsp3) is 0.600. The normalized spacial score (nSPS) is 12.5. The van der Waals surface area contributed by atoms with Crippen molar-refractivity contribution in [2.45, 2.75) is 26.4 Å². The van der Waals surface area contributed by atoms with E-state index < -0.39 is 0 Å². The lowest BCUT2D eigenvalue weighted by atomic mass is 10.3. The number of esters is 1. The Morgan fingerprint density at radius 2 is 2.47 bits per heavy atom. The van der Waals surface area contributed by atoms with Crippen molar-refractivity contribution < 1.29 is 9.53 Å². The van der Waals surface area contributed by atoms with Crippen LogP contribution in [0.1, 0.15) is 12.5 Å². The highest BCUT2D eigenvalue weighted by molar-refractivity contribution is 5.75. The Labute approximate surface area is 89.4 Å². The smallest absolute Gasteiger partial charge is 0.325 e. The summed E-state index contributed by atoms with van der Waals surface area (Å²) in [6.07, 6.45) is 3.65. The van der Waals surface area contributed by atoms with E-state index in [2.05, 4.69) is 10.4 Å².